The average molecular weight is 343 g/mol. The summed E-state index contributed by atoms with van der Waals surface area (Å²) in [4.78, 5) is 18.4. The molecule has 1 aromatic heterocycles. The summed E-state index contributed by atoms with van der Waals surface area (Å²) in [5.74, 6) is -0.0504. The number of ketones is 1. The number of carbonyl (C=O) groups excluding carboxylic acids is 1. The van der Waals surface area contributed by atoms with Crippen molar-refractivity contribution in [3.05, 3.63) is 65.0 Å². The van der Waals surface area contributed by atoms with Crippen LogP contribution in [0.1, 0.15) is 28.8 Å². The first-order valence-electron chi connectivity index (χ1n) is 7.99. The van der Waals surface area contributed by atoms with Crippen LogP contribution in [0.4, 0.5) is 5.69 Å². The normalized spacial score (nSPS) is 15.8. The molecule has 4 nitrogen and oxygen atoms in total. The van der Waals surface area contributed by atoms with Crippen molar-refractivity contribution in [1.29, 1.82) is 0 Å². The van der Waals surface area contributed by atoms with Gasteiger partial charge in [-0.15, -0.1) is 0 Å². The van der Waals surface area contributed by atoms with Crippen molar-refractivity contribution in [3.8, 4) is 0 Å². The predicted octanol–water partition coefficient (Wildman–Crippen LogP) is 3.59. The van der Waals surface area contributed by atoms with Crippen LogP contribution in [0, 0.1) is 0 Å². The fourth-order valence-electron chi connectivity index (χ4n) is 2.71. The van der Waals surface area contributed by atoms with Crippen molar-refractivity contribution in [1.82, 2.24) is 4.98 Å². The molecule has 2 heterocycles. The number of nitrogens with zero attached hydrogens (tertiary/aromatic N) is 2. The highest BCUT2D eigenvalue weighted by Gasteiger charge is 2.17. The van der Waals surface area contributed by atoms with E-state index in [0.29, 0.717) is 10.7 Å². The van der Waals surface area contributed by atoms with Gasteiger partial charge in [-0.25, -0.2) is 4.98 Å². The van der Waals surface area contributed by atoms with Crippen LogP contribution in [0.2, 0.25) is 5.15 Å². The Labute approximate surface area is 146 Å². The molecule has 1 aliphatic heterocycles. The molecule has 1 aromatic carbocycles. The predicted molar refractivity (Wildman–Crippen MR) is 96.5 cm³/mol. The zero-order valence-corrected chi connectivity index (χ0v) is 14.0. The van der Waals surface area contributed by atoms with Crippen molar-refractivity contribution in [2.24, 2.45) is 0 Å². The molecular formula is C19H19ClN2O2. The summed E-state index contributed by atoms with van der Waals surface area (Å²) >= 11 is 5.74. The highest BCUT2D eigenvalue weighted by Crippen LogP contribution is 2.21. The van der Waals surface area contributed by atoms with Crippen molar-refractivity contribution >= 4 is 29.1 Å². The first kappa shape index (κ1) is 16.7. The van der Waals surface area contributed by atoms with E-state index in [2.05, 4.69) is 9.88 Å². The molecule has 2 aromatic rings. The minimum absolute atomic E-state index is 0.0504. The topological polar surface area (TPSA) is 53.4 Å². The Morgan fingerprint density at radius 1 is 1.17 bits per heavy atom. The molecule has 1 aliphatic rings. The lowest BCUT2D eigenvalue weighted by atomic mass is 10.1. The number of allylic oxidation sites excluding steroid dienone is 1. The van der Waals surface area contributed by atoms with E-state index >= 15 is 0 Å². The summed E-state index contributed by atoms with van der Waals surface area (Å²) in [6.07, 6.45) is 6.29. The number of hydrogen-bond donors (Lipinski definition) is 1. The standard InChI is InChI=1S/C19H19ClN2O2/c20-19-8-2-14(13-21-19)1-7-18(24)15-3-5-16(6-4-15)22-11-9-17(23)10-12-22/h1-8,13,17,23H,9-12H2. The molecule has 1 N–H and O–H groups in total. The van der Waals surface area contributed by atoms with Crippen LogP contribution in [0.5, 0.6) is 0 Å². The third-order valence-electron chi connectivity index (χ3n) is 4.16. The number of piperidine rings is 1. The summed E-state index contributed by atoms with van der Waals surface area (Å²) < 4.78 is 0. The van der Waals surface area contributed by atoms with Crippen LogP contribution >= 0.6 is 11.6 Å². The lowest BCUT2D eigenvalue weighted by molar-refractivity contribution is 0.104. The molecule has 1 fully saturated rings. The van der Waals surface area contributed by atoms with Crippen molar-refractivity contribution in [3.63, 3.8) is 0 Å². The van der Waals surface area contributed by atoms with E-state index in [4.69, 9.17) is 11.6 Å². The Morgan fingerprint density at radius 2 is 1.88 bits per heavy atom. The number of aliphatic hydroxyl groups excluding tert-OH is 1. The molecule has 0 aliphatic carbocycles. The second-order valence-corrected chi connectivity index (χ2v) is 6.26. The van der Waals surface area contributed by atoms with Gasteiger partial charge in [0.2, 0.25) is 0 Å². The van der Waals surface area contributed by atoms with Gasteiger partial charge >= 0.3 is 0 Å². The van der Waals surface area contributed by atoms with Crippen LogP contribution in [-0.4, -0.2) is 35.1 Å². The summed E-state index contributed by atoms with van der Waals surface area (Å²) in [6, 6.07) is 11.1. The van der Waals surface area contributed by atoms with Gasteiger partial charge in [0.05, 0.1) is 6.10 Å². The van der Waals surface area contributed by atoms with E-state index in [1.807, 2.05) is 30.3 Å². The quantitative estimate of drug-likeness (QED) is 0.524. The smallest absolute Gasteiger partial charge is 0.185 e. The van der Waals surface area contributed by atoms with Gasteiger partial charge in [-0.1, -0.05) is 17.7 Å². The SMILES string of the molecule is O=C(C=Cc1ccc(Cl)nc1)c1ccc(N2CCC(O)CC2)cc1. The number of carbonyl (C=O) groups is 1. The zero-order chi connectivity index (χ0) is 16.9. The number of halogens is 1. The van der Waals surface area contributed by atoms with Gasteiger partial charge in [0.1, 0.15) is 5.15 Å². The van der Waals surface area contributed by atoms with Gasteiger partial charge < -0.3 is 10.0 Å². The molecule has 0 radical (unpaired) electrons. The second kappa shape index (κ2) is 7.60. The highest BCUT2D eigenvalue weighted by atomic mass is 35.5. The molecular weight excluding hydrogens is 324 g/mol. The summed E-state index contributed by atoms with van der Waals surface area (Å²) in [5.41, 5.74) is 2.56. The van der Waals surface area contributed by atoms with Gasteiger partial charge in [0.15, 0.2) is 5.78 Å². The molecule has 0 unspecified atom stereocenters. The largest absolute Gasteiger partial charge is 0.393 e. The number of pyridine rings is 1. The fraction of sp³-hybridized carbons (Fsp3) is 0.263. The van der Waals surface area contributed by atoms with Crippen LogP contribution in [0.25, 0.3) is 6.08 Å². The number of anilines is 1. The fourth-order valence-corrected chi connectivity index (χ4v) is 2.83. The number of benzene rings is 1. The van der Waals surface area contributed by atoms with E-state index in [1.165, 1.54) is 6.08 Å². The Hall–Kier alpha value is -2.17. The first-order valence-corrected chi connectivity index (χ1v) is 8.37. The number of aliphatic hydroxyl groups is 1. The lowest BCUT2D eigenvalue weighted by Gasteiger charge is -2.31. The van der Waals surface area contributed by atoms with E-state index in [0.717, 1.165) is 37.2 Å². The second-order valence-electron chi connectivity index (χ2n) is 5.88. The highest BCUT2D eigenvalue weighted by molar-refractivity contribution is 6.29. The average Bonchev–Trinajstić information content (AvgIpc) is 2.62. The molecule has 0 amide bonds. The third kappa shape index (κ3) is 4.22. The molecule has 0 saturated carbocycles. The Kier molecular flexibility index (Phi) is 5.28. The van der Waals surface area contributed by atoms with Crippen LogP contribution in [0.3, 0.4) is 0 Å². The molecule has 0 bridgehead atoms. The summed E-state index contributed by atoms with van der Waals surface area (Å²) in [6.45, 7) is 1.69. The van der Waals surface area contributed by atoms with Gasteiger partial charge in [0.25, 0.3) is 0 Å². The Balaban J connectivity index is 1.64. The molecule has 0 atom stereocenters. The monoisotopic (exact) mass is 342 g/mol. The van der Waals surface area contributed by atoms with Crippen LogP contribution in [-0.2, 0) is 0 Å². The molecule has 3 rings (SSSR count). The molecule has 124 valence electrons. The van der Waals surface area contributed by atoms with Crippen LogP contribution < -0.4 is 4.90 Å². The van der Waals surface area contributed by atoms with Gasteiger partial charge in [-0.2, -0.15) is 0 Å². The van der Waals surface area contributed by atoms with Crippen molar-refractivity contribution < 1.29 is 9.90 Å². The molecule has 24 heavy (non-hydrogen) atoms. The van der Waals surface area contributed by atoms with E-state index in [1.54, 1.807) is 18.3 Å². The third-order valence-corrected chi connectivity index (χ3v) is 4.38. The van der Waals surface area contributed by atoms with Crippen LogP contribution in [0.15, 0.2) is 48.7 Å². The Bertz CT molecular complexity index is 718. The number of aromatic nitrogens is 1. The number of rotatable bonds is 4. The number of hydrogen-bond acceptors (Lipinski definition) is 4. The summed E-state index contributed by atoms with van der Waals surface area (Å²) in [5, 5.41) is 10.00. The molecule has 5 heteroatoms. The maximum absolute atomic E-state index is 12.2. The summed E-state index contributed by atoms with van der Waals surface area (Å²) in [7, 11) is 0. The van der Waals surface area contributed by atoms with Gasteiger partial charge in [-0.3, -0.25) is 4.79 Å². The minimum Gasteiger partial charge on any atom is -0.393 e. The zero-order valence-electron chi connectivity index (χ0n) is 13.2. The van der Waals surface area contributed by atoms with Gasteiger partial charge in [0, 0.05) is 30.5 Å². The Morgan fingerprint density at radius 3 is 2.50 bits per heavy atom. The molecule has 0 spiro atoms. The lowest BCUT2D eigenvalue weighted by Crippen LogP contribution is -2.35. The van der Waals surface area contributed by atoms with E-state index in [9.17, 15) is 9.90 Å². The maximum Gasteiger partial charge on any atom is 0.185 e. The van der Waals surface area contributed by atoms with Crippen molar-refractivity contribution in [2.45, 2.75) is 18.9 Å². The van der Waals surface area contributed by atoms with Gasteiger partial charge in [-0.05, 0) is 60.9 Å². The molecule has 1 saturated heterocycles. The van der Waals surface area contributed by atoms with Crippen molar-refractivity contribution in [2.75, 3.05) is 18.0 Å². The van der Waals surface area contributed by atoms with E-state index in [-0.39, 0.29) is 11.9 Å². The van der Waals surface area contributed by atoms with E-state index < -0.39 is 0 Å². The minimum atomic E-state index is -0.186. The maximum atomic E-state index is 12.2. The first-order chi connectivity index (χ1) is 11.6.